The predicted molar refractivity (Wildman–Crippen MR) is 178 cm³/mol. The molecule has 36 heavy (non-hydrogen) atoms. The van der Waals surface area contributed by atoms with Crippen LogP contribution in [0.2, 0.25) is 0 Å². The third-order valence-electron chi connectivity index (χ3n) is 9.34. The molecule has 0 aromatic rings. The van der Waals surface area contributed by atoms with Gasteiger partial charge >= 0.3 is 240 Å². The van der Waals surface area contributed by atoms with Gasteiger partial charge in [-0.3, -0.25) is 0 Å². The van der Waals surface area contributed by atoms with Crippen LogP contribution in [0.1, 0.15) is 177 Å². The Balaban J connectivity index is 5.85. The summed E-state index contributed by atoms with van der Waals surface area (Å²) in [6.45, 7) is 17.0. The van der Waals surface area contributed by atoms with Crippen LogP contribution in [-0.2, 0) is 0 Å². The molecule has 0 spiro atoms. The van der Waals surface area contributed by atoms with E-state index in [2.05, 4.69) is 48.5 Å². The average molecular weight is 592 g/mol. The Morgan fingerprint density at radius 1 is 0.417 bits per heavy atom. The Bertz CT molecular complexity index is 427. The van der Waals surface area contributed by atoms with Crippen LogP contribution >= 0.6 is 20.8 Å². The van der Waals surface area contributed by atoms with Gasteiger partial charge in [-0.05, 0) is 0 Å². The van der Waals surface area contributed by atoms with Crippen molar-refractivity contribution < 1.29 is 0 Å². The molecule has 0 heterocycles. The van der Waals surface area contributed by atoms with Gasteiger partial charge in [0.25, 0.3) is 0 Å². The van der Waals surface area contributed by atoms with Crippen molar-refractivity contribution in [1.82, 2.24) is 0 Å². The van der Waals surface area contributed by atoms with E-state index in [1.54, 1.807) is 18.5 Å². The normalized spacial score (nSPS) is 15.9. The first-order chi connectivity index (χ1) is 17.3. The molecule has 2 heteroatoms. The molecule has 0 radical (unpaired) electrons. The zero-order chi connectivity index (χ0) is 27.1. The van der Waals surface area contributed by atoms with Crippen molar-refractivity contribution in [1.29, 1.82) is 0 Å². The molecule has 0 aliphatic heterocycles. The van der Waals surface area contributed by atoms with Gasteiger partial charge in [0.05, 0.1) is 0 Å². The molecule has 0 aliphatic rings. The zero-order valence-corrected chi connectivity index (χ0v) is 29.0. The van der Waals surface area contributed by atoms with Crippen molar-refractivity contribution in [2.75, 3.05) is 24.6 Å². The van der Waals surface area contributed by atoms with Gasteiger partial charge in [-0.25, -0.2) is 0 Å². The molecule has 0 rings (SSSR count). The summed E-state index contributed by atoms with van der Waals surface area (Å²) in [4.78, 5) is 0. The van der Waals surface area contributed by atoms with Gasteiger partial charge < -0.3 is 0 Å². The summed E-state index contributed by atoms with van der Waals surface area (Å²) in [6.07, 6.45) is 34.7. The molecule has 3 atom stereocenters. The minimum atomic E-state index is -1.98. The molecular formula is C34H72BrP. The van der Waals surface area contributed by atoms with Crippen LogP contribution in [0.4, 0.5) is 0 Å². The van der Waals surface area contributed by atoms with Crippen LogP contribution < -0.4 is 0 Å². The van der Waals surface area contributed by atoms with E-state index in [0.717, 1.165) is 17.8 Å². The van der Waals surface area contributed by atoms with Gasteiger partial charge in [0, 0.05) is 0 Å². The second-order valence-corrected chi connectivity index (χ2v) is 24.0. The van der Waals surface area contributed by atoms with E-state index in [4.69, 9.17) is 15.5 Å². The van der Waals surface area contributed by atoms with Gasteiger partial charge in [0.1, 0.15) is 0 Å². The van der Waals surface area contributed by atoms with Crippen molar-refractivity contribution in [2.45, 2.75) is 177 Å². The first kappa shape index (κ1) is 36.9. The van der Waals surface area contributed by atoms with Crippen LogP contribution in [0.25, 0.3) is 0 Å². The molecule has 3 unspecified atom stereocenters. The molecule has 0 nitrogen and oxygen atoms in total. The summed E-state index contributed by atoms with van der Waals surface area (Å²) < 4.78 is 0. The molecule has 0 fully saturated rings. The fraction of sp³-hybridized carbons (Fsp3) is 1.00. The molecule has 0 aromatic heterocycles. The second-order valence-electron chi connectivity index (χ2n) is 12.8. The Morgan fingerprint density at radius 2 is 0.722 bits per heavy atom. The van der Waals surface area contributed by atoms with Crippen LogP contribution in [0, 0.1) is 17.8 Å². The van der Waals surface area contributed by atoms with Crippen molar-refractivity contribution in [3.8, 4) is 0 Å². The summed E-state index contributed by atoms with van der Waals surface area (Å²) in [6, 6.07) is 0. The van der Waals surface area contributed by atoms with Crippen molar-refractivity contribution in [3.63, 3.8) is 0 Å². The van der Waals surface area contributed by atoms with Gasteiger partial charge in [-0.1, -0.05) is 0 Å². The molecule has 0 N–H and O–H groups in total. The summed E-state index contributed by atoms with van der Waals surface area (Å²) in [5.74, 6) is 2.80. The molecule has 0 aliphatic carbocycles. The number of rotatable bonds is 27. The molecule has 0 saturated heterocycles. The van der Waals surface area contributed by atoms with E-state index in [0.29, 0.717) is 0 Å². The van der Waals surface area contributed by atoms with E-state index in [1.165, 1.54) is 135 Å². The fourth-order valence-corrected chi connectivity index (χ4v) is 18.5. The molecule has 0 bridgehead atoms. The zero-order valence-electron chi connectivity index (χ0n) is 26.5. The monoisotopic (exact) mass is 590 g/mol. The molecule has 0 saturated carbocycles. The molecular weight excluding hydrogens is 519 g/mol. The maximum atomic E-state index is 4.93. The van der Waals surface area contributed by atoms with Gasteiger partial charge in [-0.15, -0.1) is 0 Å². The number of hydrogen-bond acceptors (Lipinski definition) is 0. The van der Waals surface area contributed by atoms with Gasteiger partial charge in [0.15, 0.2) is 0 Å². The minimum absolute atomic E-state index is 0.934. The summed E-state index contributed by atoms with van der Waals surface area (Å²) in [5.41, 5.74) is 0. The Kier molecular flexibility index (Phi) is 23.3. The van der Waals surface area contributed by atoms with E-state index in [1.807, 2.05) is 0 Å². The quantitative estimate of drug-likeness (QED) is 0.0658. The fourth-order valence-electron chi connectivity index (χ4n) is 6.83. The number of halogens is 1. The van der Waals surface area contributed by atoms with E-state index < -0.39 is 5.31 Å². The molecule has 220 valence electrons. The Hall–Kier alpha value is 0.910. The summed E-state index contributed by atoms with van der Waals surface area (Å²) in [7, 11) is 0. The van der Waals surface area contributed by atoms with E-state index >= 15 is 0 Å². The van der Waals surface area contributed by atoms with Gasteiger partial charge in [-0.2, -0.15) is 0 Å². The number of unbranched alkanes of at least 4 members (excludes halogenated alkanes) is 10. The summed E-state index contributed by atoms with van der Waals surface area (Å²) >= 11 is 4.93. The summed E-state index contributed by atoms with van der Waals surface area (Å²) in [5, 5.41) is -1.98. The van der Waals surface area contributed by atoms with Crippen LogP contribution in [0.5, 0.6) is 0 Å². The number of hydrogen-bond donors (Lipinski definition) is 0. The van der Waals surface area contributed by atoms with Crippen molar-refractivity contribution >= 4 is 20.8 Å². The van der Waals surface area contributed by atoms with E-state index in [9.17, 15) is 0 Å². The van der Waals surface area contributed by atoms with Crippen LogP contribution in [0.15, 0.2) is 0 Å². The Labute approximate surface area is 239 Å². The van der Waals surface area contributed by atoms with Crippen LogP contribution in [-0.4, -0.2) is 24.6 Å². The van der Waals surface area contributed by atoms with Crippen molar-refractivity contribution in [2.24, 2.45) is 17.8 Å². The average Bonchev–Trinajstić information content (AvgIpc) is 2.88. The molecule has 0 amide bonds. The third kappa shape index (κ3) is 16.8. The topological polar surface area (TPSA) is 0 Å². The first-order valence-electron chi connectivity index (χ1n) is 17.1. The molecule has 0 aromatic carbocycles. The predicted octanol–water partition coefficient (Wildman–Crippen LogP) is 13.6. The SMILES string of the molecule is CCCCCCCCCCP(Br)(CC(CC)CCCC)(CC(CC)CCCC)CC(CC)CCCC. The van der Waals surface area contributed by atoms with Crippen molar-refractivity contribution in [3.05, 3.63) is 0 Å². The van der Waals surface area contributed by atoms with E-state index in [-0.39, 0.29) is 0 Å². The van der Waals surface area contributed by atoms with Gasteiger partial charge in [0.2, 0.25) is 0 Å². The van der Waals surface area contributed by atoms with Crippen LogP contribution in [0.3, 0.4) is 0 Å². The maximum absolute atomic E-state index is 4.93. The third-order valence-corrected chi connectivity index (χ3v) is 18.7. The second kappa shape index (κ2) is 22.7. The first-order valence-corrected chi connectivity index (χ1v) is 22.1. The standard InChI is InChI=1S/C34H72BrP/c1-8-15-19-20-21-22-23-24-28-36(35,29-32(12-5)25-16-9-2,30-33(13-6)26-17-10-3)31-34(14-7)27-18-11-4/h32-34H,8-31H2,1-7H3. The Morgan fingerprint density at radius 3 is 1.03 bits per heavy atom.